The molecule has 0 amide bonds. The van der Waals surface area contributed by atoms with E-state index < -0.39 is 24.3 Å². The Balaban J connectivity index is 0.000000177. The van der Waals surface area contributed by atoms with E-state index in [4.69, 9.17) is 9.11 Å². The Hall–Kier alpha value is -2.42. The molecule has 0 unspecified atom stereocenters. The van der Waals surface area contributed by atoms with Crippen LogP contribution in [0.3, 0.4) is 0 Å². The van der Waals surface area contributed by atoms with Gasteiger partial charge in [-0.3, -0.25) is 14.1 Å². The summed E-state index contributed by atoms with van der Waals surface area (Å²) in [6, 6.07) is 26.6. The van der Waals surface area contributed by atoms with Gasteiger partial charge in [-0.2, -0.15) is 16.8 Å². The van der Waals surface area contributed by atoms with Gasteiger partial charge in [-0.25, -0.2) is 0 Å². The number of rotatable bonds is 4. The van der Waals surface area contributed by atoms with Crippen LogP contribution in [0.5, 0.6) is 0 Å². The average Bonchev–Trinajstić information content (AvgIpc) is 3.11. The van der Waals surface area contributed by atoms with E-state index in [9.17, 15) is 16.8 Å². The summed E-state index contributed by atoms with van der Waals surface area (Å²) in [7, 11) is -9.47. The van der Waals surface area contributed by atoms with Crippen molar-refractivity contribution < 1.29 is 25.9 Å². The third kappa shape index (κ3) is 4.50. The molecule has 0 saturated carbocycles. The van der Waals surface area contributed by atoms with E-state index in [1.807, 2.05) is 0 Å². The normalized spacial score (nSPS) is 14.5. The molecule has 0 atom stereocenters. The Morgan fingerprint density at radius 2 is 1.10 bits per heavy atom. The second-order valence-electron chi connectivity index (χ2n) is 6.25. The molecule has 3 aromatic carbocycles. The molecule has 0 bridgehead atoms. The molecule has 0 radical (unpaired) electrons. The van der Waals surface area contributed by atoms with Crippen LogP contribution in [0.1, 0.15) is 5.56 Å². The third-order valence-electron chi connectivity index (χ3n) is 4.26. The second kappa shape index (κ2) is 8.75. The van der Waals surface area contributed by atoms with Crippen molar-refractivity contribution in [3.63, 3.8) is 0 Å². The van der Waals surface area contributed by atoms with Crippen LogP contribution < -0.4 is 10.6 Å². The van der Waals surface area contributed by atoms with E-state index in [0.717, 1.165) is 14.6 Å². The van der Waals surface area contributed by atoms with E-state index in [0.29, 0.717) is 6.21 Å². The predicted octanol–water partition coefficient (Wildman–Crippen LogP) is 2.65. The van der Waals surface area contributed by atoms with E-state index in [1.54, 1.807) is 0 Å². The summed E-state index contributed by atoms with van der Waals surface area (Å²) < 4.78 is 60.4. The van der Waals surface area contributed by atoms with Crippen LogP contribution in [0.2, 0.25) is 0 Å². The van der Waals surface area contributed by atoms with Crippen molar-refractivity contribution >= 4 is 51.3 Å². The van der Waals surface area contributed by atoms with Crippen molar-refractivity contribution in [3.05, 3.63) is 90.5 Å². The smallest absolute Gasteiger partial charge is 0.284 e. The van der Waals surface area contributed by atoms with Gasteiger partial charge in [0.1, 0.15) is 0 Å². The van der Waals surface area contributed by atoms with E-state index in [-0.39, 0.29) is 11.3 Å². The molecular weight excluding hydrogens is 445 g/mol. The first kappa shape index (κ1) is 22.3. The fourth-order valence-electron chi connectivity index (χ4n) is 2.86. The van der Waals surface area contributed by atoms with Crippen molar-refractivity contribution in [2.75, 3.05) is 0 Å². The summed E-state index contributed by atoms with van der Waals surface area (Å²) in [6.07, 6.45) is 0.502. The lowest BCUT2D eigenvalue weighted by molar-refractivity contribution is 0.447. The zero-order valence-corrected chi connectivity index (χ0v) is 18.1. The number of hydrogen-bond acceptors (Lipinski definition) is 5. The Kier molecular flexibility index (Phi) is 6.50. The maximum Gasteiger partial charge on any atom is 0.297 e. The molecular formula is C20H18NO6PS2. The molecule has 1 aliphatic rings. The first-order valence-corrected chi connectivity index (χ1v) is 12.5. The molecule has 30 heavy (non-hydrogen) atoms. The molecule has 0 aromatic heterocycles. The molecule has 1 aliphatic heterocycles. The van der Waals surface area contributed by atoms with Gasteiger partial charge in [-0.1, -0.05) is 87.4 Å². The van der Waals surface area contributed by atoms with E-state index in [2.05, 4.69) is 65.7 Å². The van der Waals surface area contributed by atoms with Crippen LogP contribution in [-0.2, 0) is 24.3 Å². The molecule has 0 aliphatic carbocycles. The summed E-state index contributed by atoms with van der Waals surface area (Å²) in [6.45, 7) is 0. The Morgan fingerprint density at radius 3 is 1.57 bits per heavy atom. The van der Waals surface area contributed by atoms with Crippen molar-refractivity contribution in [2.24, 2.45) is 4.99 Å². The lowest BCUT2D eigenvalue weighted by Gasteiger charge is -2.20. The number of benzene rings is 3. The molecule has 10 heteroatoms. The Morgan fingerprint density at radius 1 is 0.667 bits per heavy atom. The van der Waals surface area contributed by atoms with Crippen LogP contribution >= 0.6 is 8.58 Å². The first-order valence-electron chi connectivity index (χ1n) is 8.61. The van der Waals surface area contributed by atoms with E-state index in [1.165, 1.54) is 28.8 Å². The van der Waals surface area contributed by atoms with Crippen LogP contribution in [0.25, 0.3) is 0 Å². The summed E-state index contributed by atoms with van der Waals surface area (Å²) in [5, 5.41) is 2.79. The molecule has 3 aromatic rings. The van der Waals surface area contributed by atoms with Crippen molar-refractivity contribution in [1.82, 2.24) is 0 Å². The van der Waals surface area contributed by atoms with Gasteiger partial charge in [0.2, 0.25) is 0 Å². The minimum absolute atomic E-state index is 0.0581. The Bertz CT molecular complexity index is 1190. The fourth-order valence-corrected chi connectivity index (χ4v) is 6.25. The zero-order valence-electron chi connectivity index (χ0n) is 15.5. The summed E-state index contributed by atoms with van der Waals surface area (Å²) in [5.41, 5.74) is -0.243. The highest BCUT2D eigenvalue weighted by molar-refractivity contribution is 8.05. The molecule has 0 fully saturated rings. The average molecular weight is 463 g/mol. The van der Waals surface area contributed by atoms with Gasteiger partial charge < -0.3 is 0 Å². The summed E-state index contributed by atoms with van der Waals surface area (Å²) in [5.74, 6) is 0. The molecule has 0 saturated heterocycles. The molecule has 0 spiro atoms. The van der Waals surface area contributed by atoms with Gasteiger partial charge in [0.15, 0.2) is 0 Å². The monoisotopic (exact) mass is 463 g/mol. The highest BCUT2D eigenvalue weighted by Gasteiger charge is 2.58. The third-order valence-corrected chi connectivity index (χ3v) is 8.95. The molecule has 1 heterocycles. The minimum Gasteiger partial charge on any atom is -0.284 e. The van der Waals surface area contributed by atoms with Gasteiger partial charge in [-0.15, -0.1) is 0 Å². The SMILES string of the molecule is O=S(=O)(O)C1(S(=O)(=O)O)C=Nc2ccccc21.c1ccc(Pc2ccccc2)cc1. The summed E-state index contributed by atoms with van der Waals surface area (Å²) >= 11 is 0. The maximum atomic E-state index is 11.3. The van der Waals surface area contributed by atoms with Crippen LogP contribution in [0.15, 0.2) is 89.9 Å². The number of fused-ring (bicyclic) bond motifs is 1. The van der Waals surface area contributed by atoms with Crippen molar-refractivity contribution in [3.8, 4) is 0 Å². The standard InChI is InChI=1S/C12H11P.C8H7NO6S2/c1-3-7-11(8-4-1)13-12-9-5-2-6-10-12;10-16(11,12)8(17(13,14)15)5-9-7-4-2-1-3-6(7)8/h1-10,13H;1-5H,(H,10,11,12)(H,13,14,15). The lowest BCUT2D eigenvalue weighted by atomic mass is 10.1. The maximum absolute atomic E-state index is 11.3. The van der Waals surface area contributed by atoms with Gasteiger partial charge in [-0.05, 0) is 16.7 Å². The number of para-hydroxylation sites is 1. The van der Waals surface area contributed by atoms with Gasteiger partial charge in [0.25, 0.3) is 24.3 Å². The number of hydrogen-bond donors (Lipinski definition) is 2. The van der Waals surface area contributed by atoms with Crippen LogP contribution in [0.4, 0.5) is 5.69 Å². The van der Waals surface area contributed by atoms with Crippen LogP contribution in [-0.4, -0.2) is 32.2 Å². The topological polar surface area (TPSA) is 121 Å². The predicted molar refractivity (Wildman–Crippen MR) is 120 cm³/mol. The molecule has 2 N–H and O–H groups in total. The molecule has 7 nitrogen and oxygen atoms in total. The van der Waals surface area contributed by atoms with Crippen molar-refractivity contribution in [1.29, 1.82) is 0 Å². The number of nitrogens with zero attached hydrogens (tertiary/aromatic N) is 1. The minimum atomic E-state index is -5.12. The zero-order chi connectivity index (χ0) is 21.8. The lowest BCUT2D eigenvalue weighted by Crippen LogP contribution is -2.43. The molecule has 156 valence electrons. The fraction of sp³-hybridized carbons (Fsp3) is 0.0500. The van der Waals surface area contributed by atoms with Gasteiger partial charge in [0, 0.05) is 5.56 Å². The second-order valence-corrected chi connectivity index (χ2v) is 11.1. The van der Waals surface area contributed by atoms with Gasteiger partial charge >= 0.3 is 0 Å². The first-order chi connectivity index (χ1) is 14.1. The van der Waals surface area contributed by atoms with Crippen molar-refractivity contribution in [2.45, 2.75) is 4.08 Å². The van der Waals surface area contributed by atoms with Crippen LogP contribution in [0, 0.1) is 0 Å². The van der Waals surface area contributed by atoms with E-state index >= 15 is 0 Å². The Labute approximate surface area is 176 Å². The largest absolute Gasteiger partial charge is 0.297 e. The van der Waals surface area contributed by atoms with Gasteiger partial charge in [0.05, 0.1) is 11.9 Å². The number of aliphatic imine (C=N–C) groups is 1. The quantitative estimate of drug-likeness (QED) is 0.453. The highest BCUT2D eigenvalue weighted by Crippen LogP contribution is 2.43. The highest BCUT2D eigenvalue weighted by atomic mass is 32.3. The summed E-state index contributed by atoms with van der Waals surface area (Å²) in [4.78, 5) is 3.58. The molecule has 4 rings (SSSR count).